The largest absolute Gasteiger partial charge is 0.0838 e. The zero-order valence-corrected chi connectivity index (χ0v) is 10.7. The van der Waals surface area contributed by atoms with Crippen molar-refractivity contribution in [1.29, 1.82) is 0 Å². The number of allylic oxidation sites excluding steroid dienone is 10. The molecule has 0 spiro atoms. The molecular weight excluding hydrogens is 216 g/mol. The van der Waals surface area contributed by atoms with Crippen molar-refractivity contribution in [3.05, 3.63) is 71.1 Å². The van der Waals surface area contributed by atoms with Gasteiger partial charge in [0, 0.05) is 12.3 Å². The van der Waals surface area contributed by atoms with E-state index in [0.717, 1.165) is 12.8 Å². The monoisotopic (exact) mass is 234 g/mol. The van der Waals surface area contributed by atoms with Gasteiger partial charge in [0.1, 0.15) is 0 Å². The van der Waals surface area contributed by atoms with Crippen LogP contribution in [0.25, 0.3) is 0 Å². The molecule has 90 valence electrons. The lowest BCUT2D eigenvalue weighted by Crippen LogP contribution is -2.16. The Balaban J connectivity index is 1.58. The minimum atomic E-state index is 0.636. The van der Waals surface area contributed by atoms with E-state index < -0.39 is 0 Å². The van der Waals surface area contributed by atoms with Crippen LogP contribution in [0, 0.1) is 18.8 Å². The molecule has 4 aliphatic carbocycles. The second-order valence-corrected chi connectivity index (χ2v) is 5.71. The maximum atomic E-state index is 2.45. The molecule has 2 radical (unpaired) electrons. The van der Waals surface area contributed by atoms with Crippen LogP contribution in [0.1, 0.15) is 32.1 Å². The highest BCUT2D eigenvalue weighted by molar-refractivity contribution is 5.51. The summed E-state index contributed by atoms with van der Waals surface area (Å²) in [5.74, 6) is 0.636. The molecule has 1 atom stereocenters. The standard InChI is InChI=1S/C18H18/c1-2-4-15-11-17(9-5-13(15)3-1)18-10-7-14-6-8-16(14)12-18/h1-2,4,7,9-11,18H,3,5-6,8,12H2. The highest BCUT2D eigenvalue weighted by atomic mass is 14.3. The van der Waals surface area contributed by atoms with Gasteiger partial charge in [0.25, 0.3) is 0 Å². The first-order valence-electron chi connectivity index (χ1n) is 7.06. The average molecular weight is 234 g/mol. The fourth-order valence-electron chi connectivity index (χ4n) is 3.38. The molecule has 0 aliphatic heterocycles. The summed E-state index contributed by atoms with van der Waals surface area (Å²) >= 11 is 0. The van der Waals surface area contributed by atoms with Gasteiger partial charge in [0.15, 0.2) is 0 Å². The van der Waals surface area contributed by atoms with Gasteiger partial charge in [0.2, 0.25) is 0 Å². The van der Waals surface area contributed by atoms with Crippen molar-refractivity contribution in [2.45, 2.75) is 32.1 Å². The minimum absolute atomic E-state index is 0.636. The Morgan fingerprint density at radius 2 is 2.06 bits per heavy atom. The van der Waals surface area contributed by atoms with E-state index in [-0.39, 0.29) is 0 Å². The first-order chi connectivity index (χ1) is 8.90. The van der Waals surface area contributed by atoms with Gasteiger partial charge in [-0.15, -0.1) is 0 Å². The lowest BCUT2D eigenvalue weighted by molar-refractivity contribution is 0.641. The van der Waals surface area contributed by atoms with Gasteiger partial charge in [-0.25, -0.2) is 0 Å². The van der Waals surface area contributed by atoms with E-state index in [4.69, 9.17) is 0 Å². The van der Waals surface area contributed by atoms with E-state index in [2.05, 4.69) is 43.2 Å². The first-order valence-corrected chi connectivity index (χ1v) is 7.06. The van der Waals surface area contributed by atoms with Crippen LogP contribution in [0.5, 0.6) is 0 Å². The van der Waals surface area contributed by atoms with E-state index >= 15 is 0 Å². The van der Waals surface area contributed by atoms with Crippen molar-refractivity contribution < 1.29 is 0 Å². The van der Waals surface area contributed by atoms with Crippen LogP contribution in [-0.4, -0.2) is 0 Å². The molecular formula is C18H18. The van der Waals surface area contributed by atoms with Crippen molar-refractivity contribution in [2.75, 3.05) is 0 Å². The summed E-state index contributed by atoms with van der Waals surface area (Å²) in [7, 11) is 0. The van der Waals surface area contributed by atoms with Gasteiger partial charge >= 0.3 is 0 Å². The second-order valence-electron chi connectivity index (χ2n) is 5.71. The lowest BCUT2D eigenvalue weighted by Gasteiger charge is -2.32. The van der Waals surface area contributed by atoms with Crippen LogP contribution >= 0.6 is 0 Å². The van der Waals surface area contributed by atoms with Crippen molar-refractivity contribution in [1.82, 2.24) is 0 Å². The highest BCUT2D eigenvalue weighted by Crippen LogP contribution is 2.42. The van der Waals surface area contributed by atoms with E-state index in [9.17, 15) is 0 Å². The minimum Gasteiger partial charge on any atom is -0.0838 e. The maximum Gasteiger partial charge on any atom is 0.0121 e. The molecule has 0 aromatic carbocycles. The second kappa shape index (κ2) is 4.12. The fourth-order valence-corrected chi connectivity index (χ4v) is 3.38. The van der Waals surface area contributed by atoms with E-state index in [1.165, 1.54) is 30.4 Å². The summed E-state index contributed by atoms with van der Waals surface area (Å²) in [6.45, 7) is 0. The van der Waals surface area contributed by atoms with Gasteiger partial charge in [-0.05, 0) is 49.7 Å². The summed E-state index contributed by atoms with van der Waals surface area (Å²) < 4.78 is 0. The third-order valence-electron chi connectivity index (χ3n) is 4.67. The Morgan fingerprint density at radius 1 is 1.06 bits per heavy atom. The summed E-state index contributed by atoms with van der Waals surface area (Å²) in [5, 5.41) is 0. The van der Waals surface area contributed by atoms with Crippen molar-refractivity contribution in [3.63, 3.8) is 0 Å². The van der Waals surface area contributed by atoms with Crippen molar-refractivity contribution >= 4 is 0 Å². The Labute approximate surface area is 109 Å². The quantitative estimate of drug-likeness (QED) is 0.619. The topological polar surface area (TPSA) is 0 Å². The lowest BCUT2D eigenvalue weighted by atomic mass is 9.73. The maximum absolute atomic E-state index is 2.45. The predicted octanol–water partition coefficient (Wildman–Crippen LogP) is 4.65. The molecule has 0 saturated heterocycles. The van der Waals surface area contributed by atoms with Crippen molar-refractivity contribution in [3.8, 4) is 0 Å². The van der Waals surface area contributed by atoms with E-state index in [1.54, 1.807) is 16.7 Å². The molecule has 0 fully saturated rings. The van der Waals surface area contributed by atoms with Crippen LogP contribution in [0.3, 0.4) is 0 Å². The molecule has 18 heavy (non-hydrogen) atoms. The highest BCUT2D eigenvalue weighted by Gasteiger charge is 2.26. The molecule has 0 aromatic heterocycles. The summed E-state index contributed by atoms with van der Waals surface area (Å²) in [5.41, 5.74) is 7.93. The van der Waals surface area contributed by atoms with Crippen LogP contribution in [0.15, 0.2) is 58.2 Å². The van der Waals surface area contributed by atoms with Crippen LogP contribution in [0.2, 0.25) is 0 Å². The third kappa shape index (κ3) is 1.67. The fraction of sp³-hybridized carbons (Fsp3) is 0.333. The van der Waals surface area contributed by atoms with Gasteiger partial charge in [-0.3, -0.25) is 0 Å². The average Bonchev–Trinajstić information content (AvgIpc) is 2.40. The smallest absolute Gasteiger partial charge is 0.0121 e. The molecule has 0 saturated carbocycles. The predicted molar refractivity (Wildman–Crippen MR) is 75.6 cm³/mol. The van der Waals surface area contributed by atoms with Crippen LogP contribution in [0.4, 0.5) is 0 Å². The summed E-state index contributed by atoms with van der Waals surface area (Å²) in [6.07, 6.45) is 22.6. The van der Waals surface area contributed by atoms with Crippen molar-refractivity contribution in [2.24, 2.45) is 5.92 Å². The molecule has 0 heterocycles. The van der Waals surface area contributed by atoms with Crippen LogP contribution < -0.4 is 0 Å². The molecule has 4 rings (SSSR count). The first kappa shape index (κ1) is 10.6. The van der Waals surface area contributed by atoms with Crippen LogP contribution in [-0.2, 0) is 0 Å². The number of hydrogen-bond acceptors (Lipinski definition) is 0. The SMILES string of the molecule is [CH]1CC2=C([CH]C=CC2)C=C1C1C=CC2=C(CC2)C1. The Hall–Kier alpha value is -1.30. The Morgan fingerprint density at radius 3 is 2.89 bits per heavy atom. The van der Waals surface area contributed by atoms with Gasteiger partial charge < -0.3 is 0 Å². The molecule has 0 nitrogen and oxygen atoms in total. The van der Waals surface area contributed by atoms with Gasteiger partial charge in [0.05, 0.1) is 0 Å². The molecule has 0 aromatic rings. The summed E-state index contributed by atoms with van der Waals surface area (Å²) in [6, 6.07) is 0. The zero-order chi connectivity index (χ0) is 11.9. The third-order valence-corrected chi connectivity index (χ3v) is 4.67. The Kier molecular flexibility index (Phi) is 2.43. The molecule has 0 heteroatoms. The molecule has 1 unspecified atom stereocenters. The normalized spacial score (nSPS) is 29.8. The molecule has 0 bridgehead atoms. The molecule has 0 N–H and O–H groups in total. The van der Waals surface area contributed by atoms with E-state index in [0.29, 0.717) is 5.92 Å². The summed E-state index contributed by atoms with van der Waals surface area (Å²) in [4.78, 5) is 0. The van der Waals surface area contributed by atoms with Gasteiger partial charge in [-0.2, -0.15) is 0 Å². The van der Waals surface area contributed by atoms with Gasteiger partial charge in [-0.1, -0.05) is 47.1 Å². The number of rotatable bonds is 1. The Bertz CT molecular complexity index is 534. The molecule has 0 amide bonds. The molecule has 4 aliphatic rings. The number of hydrogen-bond donors (Lipinski definition) is 0. The zero-order valence-electron chi connectivity index (χ0n) is 10.7. The van der Waals surface area contributed by atoms with E-state index in [1.807, 2.05) is 0 Å².